The molecule has 16 heteroatoms. The second-order valence-electron chi connectivity index (χ2n) is 9.57. The van der Waals surface area contributed by atoms with Gasteiger partial charge in [-0.1, -0.05) is 18.2 Å². The van der Waals surface area contributed by atoms with E-state index in [1.165, 1.54) is 37.1 Å². The van der Waals surface area contributed by atoms with Gasteiger partial charge in [0.2, 0.25) is 11.8 Å². The third-order valence-corrected chi connectivity index (χ3v) is 7.65. The van der Waals surface area contributed by atoms with Crippen molar-refractivity contribution in [1.29, 1.82) is 0 Å². The van der Waals surface area contributed by atoms with E-state index < -0.39 is 56.6 Å². The zero-order valence-electron chi connectivity index (χ0n) is 22.6. The number of aliphatic hydroxyl groups is 1. The number of halogens is 1. The molecule has 4 rings (SSSR count). The largest absolute Gasteiger partial charge is 0.479 e. The van der Waals surface area contributed by atoms with Crippen LogP contribution in [0.25, 0.3) is 11.2 Å². The number of nitrogens with two attached hydrogens (primary N) is 1. The van der Waals surface area contributed by atoms with Crippen LogP contribution in [0.15, 0.2) is 36.7 Å². The van der Waals surface area contributed by atoms with Gasteiger partial charge in [-0.3, -0.25) is 13.9 Å². The molecule has 1 fully saturated rings. The van der Waals surface area contributed by atoms with Gasteiger partial charge >= 0.3 is 13.7 Å². The van der Waals surface area contributed by atoms with E-state index in [2.05, 4.69) is 20.0 Å². The van der Waals surface area contributed by atoms with Crippen molar-refractivity contribution in [3.05, 3.63) is 36.7 Å². The summed E-state index contributed by atoms with van der Waals surface area (Å²) >= 11 is 0. The lowest BCUT2D eigenvalue weighted by atomic mass is 9.98. The molecule has 4 N–H and O–H groups in total. The zero-order valence-corrected chi connectivity index (χ0v) is 23.4. The molecule has 1 aliphatic rings. The van der Waals surface area contributed by atoms with Crippen LogP contribution in [0.5, 0.6) is 11.6 Å². The molecule has 0 radical (unpaired) electrons. The molecule has 1 aromatic carbocycles. The van der Waals surface area contributed by atoms with Gasteiger partial charge in [-0.15, -0.1) is 0 Å². The summed E-state index contributed by atoms with van der Waals surface area (Å²) in [6.45, 7) is 5.33. The van der Waals surface area contributed by atoms with Crippen LogP contribution in [0.1, 0.15) is 33.9 Å². The van der Waals surface area contributed by atoms with E-state index in [0.717, 1.165) is 6.92 Å². The Hall–Kier alpha value is -3.36. The highest BCUT2D eigenvalue weighted by Crippen LogP contribution is 2.48. The monoisotopic (exact) mass is 582 g/mol. The predicted octanol–water partition coefficient (Wildman–Crippen LogP) is 2.54. The van der Waals surface area contributed by atoms with E-state index >= 15 is 4.39 Å². The number of nitrogens with one attached hydrogen (secondary N) is 1. The smallest absolute Gasteiger partial charge is 0.459 e. The number of carbonyl (C=O) groups excluding carboxylic acids is 1. The van der Waals surface area contributed by atoms with Crippen molar-refractivity contribution in [2.75, 3.05) is 19.5 Å². The number of aliphatic hydroxyl groups excluding tert-OH is 1. The number of nitrogens with zero attached hydrogens (tertiary/aromatic N) is 4. The molecule has 1 aliphatic heterocycles. The minimum atomic E-state index is -4.29. The number of benzene rings is 1. The van der Waals surface area contributed by atoms with Crippen LogP contribution in [-0.4, -0.2) is 74.3 Å². The van der Waals surface area contributed by atoms with Crippen LogP contribution in [-0.2, 0) is 23.4 Å². The van der Waals surface area contributed by atoms with Gasteiger partial charge in [0.1, 0.15) is 24.0 Å². The fourth-order valence-corrected chi connectivity index (χ4v) is 5.58. The van der Waals surface area contributed by atoms with Gasteiger partial charge in [0.05, 0.1) is 26.1 Å². The van der Waals surface area contributed by atoms with Crippen LogP contribution in [0.2, 0.25) is 0 Å². The highest BCUT2D eigenvalue weighted by Gasteiger charge is 2.56. The molecule has 3 aromatic rings. The molecule has 218 valence electrons. The van der Waals surface area contributed by atoms with Crippen molar-refractivity contribution in [1.82, 2.24) is 24.6 Å². The minimum Gasteiger partial charge on any atom is -0.479 e. The first kappa shape index (κ1) is 29.6. The number of ether oxygens (including phenoxy) is 3. The maximum atomic E-state index is 15.9. The molecule has 0 spiro atoms. The van der Waals surface area contributed by atoms with E-state index in [4.69, 9.17) is 29.0 Å². The normalized spacial score (nSPS) is 25.1. The molecular weight excluding hydrogens is 550 g/mol. The molecule has 2 unspecified atom stereocenters. The number of carbonyl (C=O) groups is 1. The fraction of sp³-hybridized carbons (Fsp3) is 0.500. The second kappa shape index (κ2) is 11.6. The SMILES string of the molecule is COc1nc(N)nc2c1ncn2[C@@H]1O[C@H](COP(=O)(NC(C)C(=O)OC(C)C)Oc2ccccc2)[C@H](O)[C@@]1(C)F. The number of aromatic nitrogens is 4. The van der Waals surface area contributed by atoms with Gasteiger partial charge in [-0.05, 0) is 39.8 Å². The minimum absolute atomic E-state index is 0.0791. The van der Waals surface area contributed by atoms with E-state index in [0.29, 0.717) is 0 Å². The summed E-state index contributed by atoms with van der Waals surface area (Å²) in [5, 5.41) is 13.4. The predicted molar refractivity (Wildman–Crippen MR) is 140 cm³/mol. The molecule has 0 amide bonds. The summed E-state index contributed by atoms with van der Waals surface area (Å²) in [6.07, 6.45) is -3.63. The van der Waals surface area contributed by atoms with Crippen molar-refractivity contribution < 1.29 is 42.1 Å². The molecule has 6 atom stereocenters. The quantitative estimate of drug-likeness (QED) is 0.222. The van der Waals surface area contributed by atoms with Crippen molar-refractivity contribution in [2.45, 2.75) is 63.9 Å². The molecule has 0 saturated carbocycles. The number of alkyl halides is 1. The summed E-state index contributed by atoms with van der Waals surface area (Å²) in [7, 11) is -2.92. The highest BCUT2D eigenvalue weighted by molar-refractivity contribution is 7.52. The van der Waals surface area contributed by atoms with Crippen molar-refractivity contribution in [2.24, 2.45) is 0 Å². The van der Waals surface area contributed by atoms with Gasteiger partial charge in [0.15, 0.2) is 23.1 Å². The van der Waals surface area contributed by atoms with Crippen LogP contribution < -0.4 is 20.1 Å². The summed E-state index contributed by atoms with van der Waals surface area (Å²) in [5.41, 5.74) is 3.71. The molecular formula is C24H32FN6O8P. The maximum absolute atomic E-state index is 15.9. The van der Waals surface area contributed by atoms with E-state index in [9.17, 15) is 14.5 Å². The van der Waals surface area contributed by atoms with Crippen LogP contribution in [0.3, 0.4) is 0 Å². The summed E-state index contributed by atoms with van der Waals surface area (Å²) in [6, 6.07) is 7.02. The third-order valence-electron chi connectivity index (χ3n) is 6.00. The van der Waals surface area contributed by atoms with Crippen molar-refractivity contribution in [3.63, 3.8) is 0 Å². The Morgan fingerprint density at radius 3 is 2.65 bits per heavy atom. The number of para-hydroxylation sites is 1. The molecule has 1 saturated heterocycles. The first-order valence-electron chi connectivity index (χ1n) is 12.4. The van der Waals surface area contributed by atoms with Gasteiger partial charge in [-0.2, -0.15) is 15.1 Å². The van der Waals surface area contributed by atoms with Crippen molar-refractivity contribution in [3.8, 4) is 11.6 Å². The molecule has 3 heterocycles. The molecule has 0 bridgehead atoms. The number of fused-ring (bicyclic) bond motifs is 1. The van der Waals surface area contributed by atoms with E-state index in [-0.39, 0.29) is 28.7 Å². The average Bonchev–Trinajstić information content (AvgIpc) is 3.40. The zero-order chi connectivity index (χ0) is 29.2. The van der Waals surface area contributed by atoms with Crippen LogP contribution in [0, 0.1) is 0 Å². The lowest BCUT2D eigenvalue weighted by Crippen LogP contribution is -2.41. The average molecular weight is 583 g/mol. The number of rotatable bonds is 11. The Kier molecular flexibility index (Phi) is 8.61. The van der Waals surface area contributed by atoms with Gasteiger partial charge in [0, 0.05) is 0 Å². The van der Waals surface area contributed by atoms with Gasteiger partial charge < -0.3 is 29.6 Å². The number of esters is 1. The van der Waals surface area contributed by atoms with Gasteiger partial charge in [-0.25, -0.2) is 13.9 Å². The Labute approximate surface area is 229 Å². The maximum Gasteiger partial charge on any atom is 0.459 e. The lowest BCUT2D eigenvalue weighted by molar-refractivity contribution is -0.149. The third kappa shape index (κ3) is 6.18. The van der Waals surface area contributed by atoms with E-state index in [1.54, 1.807) is 32.0 Å². The number of nitrogen functional groups attached to an aromatic ring is 1. The Morgan fingerprint density at radius 2 is 2.00 bits per heavy atom. The molecule has 40 heavy (non-hydrogen) atoms. The highest BCUT2D eigenvalue weighted by atomic mass is 31.2. The topological polar surface area (TPSA) is 182 Å². The second-order valence-corrected chi connectivity index (χ2v) is 11.3. The summed E-state index contributed by atoms with van der Waals surface area (Å²) in [5.74, 6) is -0.566. The summed E-state index contributed by atoms with van der Waals surface area (Å²) < 4.78 is 58.3. The number of anilines is 1. The standard InChI is InChI=1S/C24H32FN6O8P/c1-13(2)37-21(33)14(3)30-40(34,39-15-9-7-6-8-10-15)36-11-16-18(32)24(4,25)22(38-16)31-12-27-17-19(31)28-23(26)29-20(17)35-5/h6-10,12-14,16,18,22,32H,11H2,1-5H3,(H,30,34)(H2,26,28,29)/t14?,16-,18+,22-,24-,40?/m1/s1. The van der Waals surface area contributed by atoms with Crippen molar-refractivity contribution >= 4 is 30.8 Å². The molecule has 2 aromatic heterocycles. The van der Waals surface area contributed by atoms with Gasteiger partial charge in [0.25, 0.3) is 0 Å². The van der Waals surface area contributed by atoms with E-state index in [1.807, 2.05) is 0 Å². The van der Waals surface area contributed by atoms with Crippen LogP contribution in [0.4, 0.5) is 10.3 Å². The first-order valence-corrected chi connectivity index (χ1v) is 13.9. The number of hydrogen-bond donors (Lipinski definition) is 3. The number of imidazole rings is 1. The lowest BCUT2D eigenvalue weighted by Gasteiger charge is -2.25. The Bertz CT molecular complexity index is 1390. The fourth-order valence-electron chi connectivity index (χ4n) is 4.08. The Morgan fingerprint density at radius 1 is 1.30 bits per heavy atom. The summed E-state index contributed by atoms with van der Waals surface area (Å²) in [4.78, 5) is 24.6. The first-order chi connectivity index (χ1) is 18.8. The van der Waals surface area contributed by atoms with Crippen LogP contribution >= 0.6 is 7.75 Å². The molecule has 0 aliphatic carbocycles. The number of methoxy groups -OCH3 is 1. The number of hydrogen-bond acceptors (Lipinski definition) is 12. The molecule has 14 nitrogen and oxygen atoms in total. The Balaban J connectivity index is 1.56.